The van der Waals surface area contributed by atoms with Crippen LogP contribution in [-0.2, 0) is 20.7 Å². The van der Waals surface area contributed by atoms with E-state index in [4.69, 9.17) is 0 Å². The zero-order valence-electron chi connectivity index (χ0n) is 14.9. The number of piperidine rings is 1. The van der Waals surface area contributed by atoms with E-state index in [1.54, 1.807) is 0 Å². The molecule has 24 heavy (non-hydrogen) atoms. The zero-order chi connectivity index (χ0) is 17.4. The minimum atomic E-state index is -0.238. The second-order valence-corrected chi connectivity index (χ2v) is 6.74. The Bertz CT molecular complexity index is 556. The van der Waals surface area contributed by atoms with E-state index in [0.29, 0.717) is 25.2 Å². The van der Waals surface area contributed by atoms with Crippen molar-refractivity contribution >= 4 is 11.9 Å². The monoisotopic (exact) mass is 331 g/mol. The molecule has 1 fully saturated rings. The molecular weight excluding hydrogens is 302 g/mol. The molecule has 1 aromatic carbocycles. The van der Waals surface area contributed by atoms with Crippen LogP contribution >= 0.6 is 0 Å². The number of nitrogens with zero attached hydrogens (tertiary/aromatic N) is 1. The maximum absolute atomic E-state index is 12.3. The number of esters is 1. The summed E-state index contributed by atoms with van der Waals surface area (Å²) in [5, 5.41) is 0. The largest absolute Gasteiger partial charge is 0.469 e. The second kappa shape index (κ2) is 9.45. The van der Waals surface area contributed by atoms with Crippen LogP contribution in [0.15, 0.2) is 24.3 Å². The van der Waals surface area contributed by atoms with Gasteiger partial charge in [0.1, 0.15) is 0 Å². The number of carbonyl (C=O) groups excluding carboxylic acids is 2. The molecule has 2 rings (SSSR count). The standard InChI is InChI=1S/C20H29NO3/c1-16-7-3-4-9-18(16)13-12-17-8-6-14-21(15-17)19(22)10-5-11-20(23)24-2/h3-4,7,9,17H,5-6,8,10-15H2,1-2H3. The topological polar surface area (TPSA) is 46.6 Å². The number of benzene rings is 1. The number of amides is 1. The van der Waals surface area contributed by atoms with Crippen molar-refractivity contribution in [2.45, 2.75) is 51.9 Å². The van der Waals surface area contributed by atoms with Gasteiger partial charge in [-0.15, -0.1) is 0 Å². The molecule has 1 amide bonds. The first-order valence-corrected chi connectivity index (χ1v) is 8.99. The molecule has 0 N–H and O–H groups in total. The Morgan fingerprint density at radius 3 is 2.79 bits per heavy atom. The second-order valence-electron chi connectivity index (χ2n) is 6.74. The van der Waals surface area contributed by atoms with Crippen LogP contribution < -0.4 is 0 Å². The molecule has 1 aromatic rings. The minimum Gasteiger partial charge on any atom is -0.469 e. The van der Waals surface area contributed by atoms with E-state index in [-0.39, 0.29) is 11.9 Å². The SMILES string of the molecule is COC(=O)CCCC(=O)N1CCCC(CCc2ccccc2C)C1. The molecule has 0 aliphatic carbocycles. The molecule has 0 radical (unpaired) electrons. The third kappa shape index (κ3) is 5.66. The van der Waals surface area contributed by atoms with Crippen LogP contribution in [0.25, 0.3) is 0 Å². The van der Waals surface area contributed by atoms with Gasteiger partial charge in [0.2, 0.25) is 5.91 Å². The Morgan fingerprint density at radius 2 is 2.04 bits per heavy atom. The van der Waals surface area contributed by atoms with Crippen molar-refractivity contribution in [3.8, 4) is 0 Å². The first-order chi connectivity index (χ1) is 11.6. The summed E-state index contributed by atoms with van der Waals surface area (Å²) in [4.78, 5) is 25.4. The van der Waals surface area contributed by atoms with Crippen molar-refractivity contribution in [2.24, 2.45) is 5.92 Å². The van der Waals surface area contributed by atoms with Gasteiger partial charge in [-0.3, -0.25) is 9.59 Å². The molecule has 1 saturated heterocycles. The van der Waals surface area contributed by atoms with Gasteiger partial charge in [0.05, 0.1) is 7.11 Å². The molecule has 1 heterocycles. The lowest BCUT2D eigenvalue weighted by Crippen LogP contribution is -2.40. The molecule has 4 nitrogen and oxygen atoms in total. The van der Waals surface area contributed by atoms with Crippen molar-refractivity contribution in [1.29, 1.82) is 0 Å². The molecule has 0 spiro atoms. The number of likely N-dealkylation sites (tertiary alicyclic amines) is 1. The van der Waals surface area contributed by atoms with Gasteiger partial charge in [0.25, 0.3) is 0 Å². The first kappa shape index (κ1) is 18.5. The fraction of sp³-hybridized carbons (Fsp3) is 0.600. The van der Waals surface area contributed by atoms with Crippen molar-refractivity contribution in [2.75, 3.05) is 20.2 Å². The van der Waals surface area contributed by atoms with Gasteiger partial charge in [0, 0.05) is 25.9 Å². The quantitative estimate of drug-likeness (QED) is 0.718. The Labute approximate surface area is 145 Å². The van der Waals surface area contributed by atoms with Gasteiger partial charge in [-0.2, -0.15) is 0 Å². The number of aryl methyl sites for hydroxylation is 2. The van der Waals surface area contributed by atoms with Crippen molar-refractivity contribution < 1.29 is 14.3 Å². The third-order valence-corrected chi connectivity index (χ3v) is 4.95. The number of hydrogen-bond acceptors (Lipinski definition) is 3. The number of rotatable bonds is 7. The van der Waals surface area contributed by atoms with Gasteiger partial charge < -0.3 is 9.64 Å². The van der Waals surface area contributed by atoms with E-state index in [9.17, 15) is 9.59 Å². The fourth-order valence-corrected chi connectivity index (χ4v) is 3.42. The highest BCUT2D eigenvalue weighted by Crippen LogP contribution is 2.23. The lowest BCUT2D eigenvalue weighted by atomic mass is 9.90. The summed E-state index contributed by atoms with van der Waals surface area (Å²) >= 11 is 0. The van der Waals surface area contributed by atoms with E-state index < -0.39 is 0 Å². The summed E-state index contributed by atoms with van der Waals surface area (Å²) in [7, 11) is 1.38. The molecule has 132 valence electrons. The van der Waals surface area contributed by atoms with Gasteiger partial charge >= 0.3 is 5.97 Å². The smallest absolute Gasteiger partial charge is 0.305 e. The summed E-state index contributed by atoms with van der Waals surface area (Å²) in [5.74, 6) is 0.528. The summed E-state index contributed by atoms with van der Waals surface area (Å²) in [5.41, 5.74) is 2.77. The Hall–Kier alpha value is -1.84. The lowest BCUT2D eigenvalue weighted by Gasteiger charge is -2.33. The molecular formula is C20H29NO3. The normalized spacial score (nSPS) is 17.6. The van der Waals surface area contributed by atoms with Crippen molar-refractivity contribution in [3.63, 3.8) is 0 Å². The highest BCUT2D eigenvalue weighted by atomic mass is 16.5. The average Bonchev–Trinajstić information content (AvgIpc) is 2.61. The van der Waals surface area contributed by atoms with Gasteiger partial charge in [-0.25, -0.2) is 0 Å². The molecule has 1 unspecified atom stereocenters. The molecule has 4 heteroatoms. The molecule has 1 aliphatic heterocycles. The highest BCUT2D eigenvalue weighted by molar-refractivity contribution is 5.77. The number of methoxy groups -OCH3 is 1. The maximum atomic E-state index is 12.3. The predicted molar refractivity (Wildman–Crippen MR) is 94.7 cm³/mol. The van der Waals surface area contributed by atoms with Crippen LogP contribution in [0, 0.1) is 12.8 Å². The van der Waals surface area contributed by atoms with Crippen LogP contribution in [-0.4, -0.2) is 37.0 Å². The minimum absolute atomic E-state index is 0.180. The summed E-state index contributed by atoms with van der Waals surface area (Å²) < 4.78 is 4.61. The number of ether oxygens (including phenoxy) is 1. The first-order valence-electron chi connectivity index (χ1n) is 8.99. The number of carbonyl (C=O) groups is 2. The van der Waals surface area contributed by atoms with Crippen molar-refractivity contribution in [3.05, 3.63) is 35.4 Å². The van der Waals surface area contributed by atoms with E-state index >= 15 is 0 Å². The van der Waals surface area contributed by atoms with Crippen LogP contribution in [0.5, 0.6) is 0 Å². The molecule has 1 atom stereocenters. The maximum Gasteiger partial charge on any atom is 0.305 e. The van der Waals surface area contributed by atoms with Crippen LogP contribution in [0.1, 0.15) is 49.7 Å². The molecule has 1 aliphatic rings. The Morgan fingerprint density at radius 1 is 1.25 bits per heavy atom. The van der Waals surface area contributed by atoms with Gasteiger partial charge in [-0.05, 0) is 56.1 Å². The van der Waals surface area contributed by atoms with Gasteiger partial charge in [-0.1, -0.05) is 24.3 Å². The predicted octanol–water partition coefficient (Wildman–Crippen LogP) is 3.51. The fourth-order valence-electron chi connectivity index (χ4n) is 3.42. The van der Waals surface area contributed by atoms with Gasteiger partial charge in [0.15, 0.2) is 0 Å². The average molecular weight is 331 g/mol. The molecule has 0 aromatic heterocycles. The number of hydrogen-bond donors (Lipinski definition) is 0. The van der Waals surface area contributed by atoms with Crippen LogP contribution in [0.4, 0.5) is 0 Å². The third-order valence-electron chi connectivity index (χ3n) is 4.95. The van der Waals surface area contributed by atoms with E-state index in [2.05, 4.69) is 35.9 Å². The zero-order valence-corrected chi connectivity index (χ0v) is 14.9. The molecule has 0 bridgehead atoms. The summed E-state index contributed by atoms with van der Waals surface area (Å²) in [6.45, 7) is 3.88. The molecule has 0 saturated carbocycles. The summed E-state index contributed by atoms with van der Waals surface area (Å²) in [6.07, 6.45) is 5.86. The van der Waals surface area contributed by atoms with E-state index in [1.807, 2.05) is 4.90 Å². The summed E-state index contributed by atoms with van der Waals surface area (Å²) in [6, 6.07) is 8.54. The lowest BCUT2D eigenvalue weighted by molar-refractivity contribution is -0.141. The van der Waals surface area contributed by atoms with Crippen LogP contribution in [0.3, 0.4) is 0 Å². The Kier molecular flexibility index (Phi) is 7.29. The Balaban J connectivity index is 1.75. The van der Waals surface area contributed by atoms with Crippen molar-refractivity contribution in [1.82, 2.24) is 4.90 Å². The van der Waals surface area contributed by atoms with E-state index in [0.717, 1.165) is 32.4 Å². The highest BCUT2D eigenvalue weighted by Gasteiger charge is 2.23. The van der Waals surface area contributed by atoms with E-state index in [1.165, 1.54) is 24.7 Å². The van der Waals surface area contributed by atoms with Crippen LogP contribution in [0.2, 0.25) is 0 Å².